The van der Waals surface area contributed by atoms with Crippen molar-refractivity contribution in [2.24, 2.45) is 0 Å². The summed E-state index contributed by atoms with van der Waals surface area (Å²) in [4.78, 5) is 17.1. The second kappa shape index (κ2) is 8.19. The zero-order valence-corrected chi connectivity index (χ0v) is 17.7. The number of sulfonamides is 1. The van der Waals surface area contributed by atoms with Gasteiger partial charge in [0.2, 0.25) is 10.0 Å². The molecule has 1 aromatic heterocycles. The van der Waals surface area contributed by atoms with E-state index in [4.69, 9.17) is 4.74 Å². The number of aromatic nitrogens is 1. The van der Waals surface area contributed by atoms with Crippen LogP contribution in [0.1, 0.15) is 10.4 Å². The summed E-state index contributed by atoms with van der Waals surface area (Å²) in [5.74, 6) is -0.326. The molecule has 1 aliphatic heterocycles. The van der Waals surface area contributed by atoms with Crippen LogP contribution in [-0.2, 0) is 14.8 Å². The molecule has 0 saturated carbocycles. The number of benzene rings is 2. The number of anilines is 1. The van der Waals surface area contributed by atoms with Crippen molar-refractivity contribution < 1.29 is 17.9 Å². The van der Waals surface area contributed by atoms with Gasteiger partial charge in [-0.3, -0.25) is 9.78 Å². The number of carbonyl (C=O) groups is 1. The monoisotopic (exact) mass is 475 g/mol. The topological polar surface area (TPSA) is 88.6 Å². The minimum absolute atomic E-state index is 0.161. The first-order chi connectivity index (χ1) is 13.9. The molecule has 0 bridgehead atoms. The van der Waals surface area contributed by atoms with Gasteiger partial charge in [-0.1, -0.05) is 15.9 Å². The van der Waals surface area contributed by atoms with E-state index in [1.807, 2.05) is 18.2 Å². The van der Waals surface area contributed by atoms with Gasteiger partial charge in [0.05, 0.1) is 29.3 Å². The number of halogens is 1. The molecule has 1 saturated heterocycles. The summed E-state index contributed by atoms with van der Waals surface area (Å²) in [5, 5.41) is 3.68. The summed E-state index contributed by atoms with van der Waals surface area (Å²) in [6, 6.07) is 13.3. The average molecular weight is 476 g/mol. The van der Waals surface area contributed by atoms with Crippen molar-refractivity contribution in [3.8, 4) is 0 Å². The normalized spacial score (nSPS) is 15.3. The van der Waals surface area contributed by atoms with E-state index < -0.39 is 10.0 Å². The van der Waals surface area contributed by atoms with Crippen molar-refractivity contribution >= 4 is 48.5 Å². The van der Waals surface area contributed by atoms with Gasteiger partial charge in [-0.05, 0) is 48.5 Å². The lowest BCUT2D eigenvalue weighted by molar-refractivity contribution is 0.0730. The van der Waals surface area contributed by atoms with E-state index in [-0.39, 0.29) is 10.8 Å². The first-order valence-corrected chi connectivity index (χ1v) is 11.2. The van der Waals surface area contributed by atoms with Crippen LogP contribution in [0.4, 0.5) is 5.69 Å². The number of rotatable bonds is 4. The number of morpholine rings is 1. The Labute approximate surface area is 176 Å². The third-order valence-corrected chi connectivity index (χ3v) is 7.08. The number of hydrogen-bond acceptors (Lipinski definition) is 5. The molecule has 2 heterocycles. The minimum atomic E-state index is -3.59. The van der Waals surface area contributed by atoms with Gasteiger partial charge in [0.15, 0.2) is 0 Å². The summed E-state index contributed by atoms with van der Waals surface area (Å²) in [6.07, 6.45) is 1.63. The van der Waals surface area contributed by atoms with E-state index in [9.17, 15) is 13.2 Å². The number of pyridine rings is 1. The molecule has 3 aromatic rings. The Hall–Kier alpha value is -2.33. The van der Waals surface area contributed by atoms with Crippen LogP contribution < -0.4 is 5.32 Å². The molecule has 0 radical (unpaired) electrons. The first-order valence-electron chi connectivity index (χ1n) is 8.99. The molecule has 0 spiro atoms. The summed E-state index contributed by atoms with van der Waals surface area (Å²) in [6.45, 7) is 1.43. The van der Waals surface area contributed by atoms with E-state index in [1.165, 1.54) is 28.6 Å². The highest BCUT2D eigenvalue weighted by Crippen LogP contribution is 2.26. The molecule has 7 nitrogen and oxygen atoms in total. The van der Waals surface area contributed by atoms with Crippen molar-refractivity contribution in [3.05, 3.63) is 64.8 Å². The van der Waals surface area contributed by atoms with Gasteiger partial charge in [0, 0.05) is 34.7 Å². The molecule has 1 aliphatic rings. The highest BCUT2D eigenvalue weighted by molar-refractivity contribution is 9.10. The molecule has 1 N–H and O–H groups in total. The molecule has 1 amide bonds. The average Bonchev–Trinajstić information content (AvgIpc) is 2.75. The van der Waals surface area contributed by atoms with Crippen LogP contribution in [0.3, 0.4) is 0 Å². The van der Waals surface area contributed by atoms with Crippen LogP contribution >= 0.6 is 15.9 Å². The molecule has 150 valence electrons. The van der Waals surface area contributed by atoms with E-state index in [0.717, 1.165) is 15.4 Å². The molecule has 0 aliphatic carbocycles. The second-order valence-electron chi connectivity index (χ2n) is 6.51. The highest BCUT2D eigenvalue weighted by Gasteiger charge is 2.26. The Morgan fingerprint density at radius 3 is 2.52 bits per heavy atom. The van der Waals surface area contributed by atoms with E-state index in [2.05, 4.69) is 26.2 Å². The molecule has 1 fully saturated rings. The third kappa shape index (κ3) is 4.18. The smallest absolute Gasteiger partial charge is 0.255 e. The van der Waals surface area contributed by atoms with Gasteiger partial charge in [-0.15, -0.1) is 0 Å². The Kier molecular flexibility index (Phi) is 5.64. The van der Waals surface area contributed by atoms with Crippen molar-refractivity contribution in [1.82, 2.24) is 9.29 Å². The van der Waals surface area contributed by atoms with E-state index in [0.29, 0.717) is 37.6 Å². The molecule has 4 rings (SSSR count). The predicted molar refractivity (Wildman–Crippen MR) is 113 cm³/mol. The van der Waals surface area contributed by atoms with Crippen molar-refractivity contribution in [1.29, 1.82) is 0 Å². The van der Waals surface area contributed by atoms with Crippen LogP contribution in [0.2, 0.25) is 0 Å². The molecule has 0 unspecified atom stereocenters. The fourth-order valence-corrected chi connectivity index (χ4v) is 4.91. The maximum Gasteiger partial charge on any atom is 0.255 e. The SMILES string of the molecule is O=C(Nc1ccnc2ccc(Br)cc12)c1ccc(S(=O)(=O)N2CCOCC2)cc1. The molecular formula is C20H18BrN3O4S. The van der Waals surface area contributed by atoms with Gasteiger partial charge in [0.25, 0.3) is 5.91 Å². The van der Waals surface area contributed by atoms with Crippen molar-refractivity contribution in [2.45, 2.75) is 4.90 Å². The maximum atomic E-state index is 12.7. The molecular weight excluding hydrogens is 458 g/mol. The molecule has 9 heteroatoms. The Morgan fingerprint density at radius 1 is 1.07 bits per heavy atom. The van der Waals surface area contributed by atoms with Crippen LogP contribution in [0, 0.1) is 0 Å². The van der Waals surface area contributed by atoms with Crippen LogP contribution in [0.25, 0.3) is 10.9 Å². The fraction of sp³-hybridized carbons (Fsp3) is 0.200. The fourth-order valence-electron chi connectivity index (χ4n) is 3.14. The number of fused-ring (bicyclic) bond motifs is 1. The van der Waals surface area contributed by atoms with Gasteiger partial charge in [-0.2, -0.15) is 4.31 Å². The van der Waals surface area contributed by atoms with E-state index >= 15 is 0 Å². The first kappa shape index (κ1) is 20.0. The van der Waals surface area contributed by atoms with Gasteiger partial charge in [0.1, 0.15) is 0 Å². The second-order valence-corrected chi connectivity index (χ2v) is 9.37. The zero-order chi connectivity index (χ0) is 20.4. The molecule has 0 atom stereocenters. The quantitative estimate of drug-likeness (QED) is 0.625. The van der Waals surface area contributed by atoms with Gasteiger partial charge >= 0.3 is 0 Å². The lowest BCUT2D eigenvalue weighted by atomic mass is 10.1. The van der Waals surface area contributed by atoms with Gasteiger partial charge in [-0.25, -0.2) is 8.42 Å². The lowest BCUT2D eigenvalue weighted by Crippen LogP contribution is -2.40. The zero-order valence-electron chi connectivity index (χ0n) is 15.3. The van der Waals surface area contributed by atoms with Crippen molar-refractivity contribution in [2.75, 3.05) is 31.6 Å². The molecule has 2 aromatic carbocycles. The largest absolute Gasteiger partial charge is 0.379 e. The number of nitrogens with zero attached hydrogens (tertiary/aromatic N) is 2. The predicted octanol–water partition coefficient (Wildman–Crippen LogP) is 3.27. The summed E-state index contributed by atoms with van der Waals surface area (Å²) < 4.78 is 32.9. The van der Waals surface area contributed by atoms with Crippen LogP contribution in [0.5, 0.6) is 0 Å². The van der Waals surface area contributed by atoms with Crippen molar-refractivity contribution in [3.63, 3.8) is 0 Å². The Morgan fingerprint density at radius 2 is 1.79 bits per heavy atom. The van der Waals surface area contributed by atoms with E-state index in [1.54, 1.807) is 12.3 Å². The number of hydrogen-bond donors (Lipinski definition) is 1. The summed E-state index contributed by atoms with van der Waals surface area (Å²) >= 11 is 3.43. The lowest BCUT2D eigenvalue weighted by Gasteiger charge is -2.26. The summed E-state index contributed by atoms with van der Waals surface area (Å²) in [5.41, 5.74) is 1.76. The molecule has 29 heavy (non-hydrogen) atoms. The number of ether oxygens (including phenoxy) is 1. The van der Waals surface area contributed by atoms with Crippen LogP contribution in [0.15, 0.2) is 64.1 Å². The highest BCUT2D eigenvalue weighted by atomic mass is 79.9. The maximum absolute atomic E-state index is 12.7. The minimum Gasteiger partial charge on any atom is -0.379 e. The number of carbonyl (C=O) groups excluding carboxylic acids is 1. The third-order valence-electron chi connectivity index (χ3n) is 4.68. The summed E-state index contributed by atoms with van der Waals surface area (Å²) in [7, 11) is -3.59. The standard InChI is InChI=1S/C20H18BrN3O4S/c21-15-3-6-18-17(13-15)19(7-8-22-18)23-20(25)14-1-4-16(5-2-14)29(26,27)24-9-11-28-12-10-24/h1-8,13H,9-12H2,(H,22,23,25). The number of amides is 1. The Balaban J connectivity index is 1.55. The van der Waals surface area contributed by atoms with Crippen LogP contribution in [-0.4, -0.2) is 49.9 Å². The number of nitrogens with one attached hydrogen (secondary N) is 1. The Bertz CT molecular complexity index is 1160. The van der Waals surface area contributed by atoms with Gasteiger partial charge < -0.3 is 10.1 Å².